The molecule has 0 saturated carbocycles. The minimum Gasteiger partial charge on any atom is -0.324 e. The lowest BCUT2D eigenvalue weighted by atomic mass is 10.1. The number of para-hydroxylation sites is 1. The lowest BCUT2D eigenvalue weighted by molar-refractivity contribution is -0.122. The van der Waals surface area contributed by atoms with Crippen LogP contribution in [0.5, 0.6) is 0 Å². The topological polar surface area (TPSA) is 80.1 Å². The first-order chi connectivity index (χ1) is 13.5. The summed E-state index contributed by atoms with van der Waals surface area (Å²) in [5, 5.41) is 7.90. The number of carbonyl (C=O) groups excluding carboxylic acids is 2. The van der Waals surface area contributed by atoms with Crippen LogP contribution in [0.2, 0.25) is 10.0 Å². The molecule has 1 saturated heterocycles. The molecule has 28 heavy (non-hydrogen) atoms. The van der Waals surface area contributed by atoms with Gasteiger partial charge in [-0.15, -0.1) is 0 Å². The van der Waals surface area contributed by atoms with E-state index in [1.165, 1.54) is 17.3 Å². The highest BCUT2D eigenvalue weighted by atomic mass is 35.5. The van der Waals surface area contributed by atoms with Gasteiger partial charge < -0.3 is 10.2 Å². The zero-order valence-corrected chi connectivity index (χ0v) is 16.1. The van der Waals surface area contributed by atoms with Crippen LogP contribution >= 0.6 is 23.2 Å². The Balaban J connectivity index is 1.55. The average molecular weight is 416 g/mol. The van der Waals surface area contributed by atoms with Crippen LogP contribution < -0.4 is 10.2 Å². The molecule has 0 aliphatic carbocycles. The quantitative estimate of drug-likeness (QED) is 0.705. The van der Waals surface area contributed by atoms with Crippen molar-refractivity contribution in [2.75, 3.05) is 16.8 Å². The highest BCUT2D eigenvalue weighted by molar-refractivity contribution is 6.34. The monoisotopic (exact) mass is 415 g/mol. The van der Waals surface area contributed by atoms with Crippen molar-refractivity contribution < 1.29 is 9.59 Å². The summed E-state index contributed by atoms with van der Waals surface area (Å²) in [5.74, 6) is -0.922. The van der Waals surface area contributed by atoms with Crippen LogP contribution in [0.15, 0.2) is 55.1 Å². The fourth-order valence-electron chi connectivity index (χ4n) is 3.16. The number of anilines is 2. The van der Waals surface area contributed by atoms with Crippen LogP contribution in [-0.2, 0) is 9.59 Å². The molecule has 2 heterocycles. The second-order valence-corrected chi connectivity index (χ2v) is 7.19. The standard InChI is InChI=1S/C19H15Cl2N5O2/c20-13-5-6-17(26-11-22-10-23-26)15(8-13)24-19(28)12-7-18(27)25(9-12)16-4-2-1-3-14(16)21/h1-6,8,10-12H,7,9H2,(H,24,28). The third-order valence-corrected chi connectivity index (χ3v) is 5.08. The Morgan fingerprint density at radius 2 is 1.96 bits per heavy atom. The van der Waals surface area contributed by atoms with Crippen molar-refractivity contribution in [2.24, 2.45) is 5.92 Å². The number of amides is 2. The first-order valence-electron chi connectivity index (χ1n) is 8.53. The van der Waals surface area contributed by atoms with Gasteiger partial charge in [0.2, 0.25) is 11.8 Å². The first kappa shape index (κ1) is 18.5. The normalized spacial score (nSPS) is 16.4. The maximum Gasteiger partial charge on any atom is 0.229 e. The maximum absolute atomic E-state index is 12.8. The lowest BCUT2D eigenvalue weighted by Gasteiger charge is -2.18. The summed E-state index contributed by atoms with van der Waals surface area (Å²) in [6.45, 7) is 0.258. The van der Waals surface area contributed by atoms with Crippen LogP contribution in [0.4, 0.5) is 11.4 Å². The lowest BCUT2D eigenvalue weighted by Crippen LogP contribution is -2.28. The number of aromatic nitrogens is 3. The molecule has 7 nitrogen and oxygen atoms in total. The molecular weight excluding hydrogens is 401 g/mol. The van der Waals surface area contributed by atoms with Crippen LogP contribution in [0.25, 0.3) is 5.69 Å². The Morgan fingerprint density at radius 3 is 2.71 bits per heavy atom. The molecule has 1 aliphatic rings. The molecular formula is C19H15Cl2N5O2. The van der Waals surface area contributed by atoms with Crippen LogP contribution in [0.1, 0.15) is 6.42 Å². The molecule has 1 fully saturated rings. The van der Waals surface area contributed by atoms with Gasteiger partial charge in [-0.05, 0) is 30.3 Å². The predicted octanol–water partition coefficient (Wildman–Crippen LogP) is 3.57. The minimum absolute atomic E-state index is 0.107. The average Bonchev–Trinajstić information content (AvgIpc) is 3.32. The first-order valence-corrected chi connectivity index (χ1v) is 9.29. The zero-order valence-electron chi connectivity index (χ0n) is 14.5. The largest absolute Gasteiger partial charge is 0.324 e. The Kier molecular flexibility index (Phi) is 5.02. The second kappa shape index (κ2) is 7.61. The molecule has 142 valence electrons. The van der Waals surface area contributed by atoms with E-state index in [2.05, 4.69) is 15.4 Å². The Labute approximate surface area is 170 Å². The minimum atomic E-state index is -0.508. The zero-order chi connectivity index (χ0) is 19.7. The van der Waals surface area contributed by atoms with Crippen molar-refractivity contribution >= 4 is 46.4 Å². The highest BCUT2D eigenvalue weighted by Gasteiger charge is 2.36. The Morgan fingerprint density at radius 1 is 1.14 bits per heavy atom. The van der Waals surface area contributed by atoms with Gasteiger partial charge in [-0.3, -0.25) is 9.59 Å². The number of carbonyl (C=O) groups is 2. The molecule has 2 amide bonds. The van der Waals surface area contributed by atoms with Crippen LogP contribution in [0, 0.1) is 5.92 Å². The van der Waals surface area contributed by atoms with Crippen LogP contribution in [0.3, 0.4) is 0 Å². The van der Waals surface area contributed by atoms with E-state index in [1.54, 1.807) is 47.4 Å². The SMILES string of the molecule is O=C(Nc1cc(Cl)ccc1-n1cncn1)C1CC(=O)N(c2ccccc2Cl)C1. The van der Waals surface area contributed by atoms with E-state index in [9.17, 15) is 9.59 Å². The predicted molar refractivity (Wildman–Crippen MR) is 107 cm³/mol. The van der Waals surface area contributed by atoms with Crippen LogP contribution in [-0.4, -0.2) is 33.1 Å². The van der Waals surface area contributed by atoms with Gasteiger partial charge in [0.15, 0.2) is 0 Å². The summed E-state index contributed by atoms with van der Waals surface area (Å²) in [6.07, 6.45) is 3.03. The molecule has 1 aromatic heterocycles. The van der Waals surface area contributed by atoms with Crippen molar-refractivity contribution in [2.45, 2.75) is 6.42 Å². The summed E-state index contributed by atoms with van der Waals surface area (Å²) in [4.78, 5) is 30.8. The molecule has 1 aliphatic heterocycles. The summed E-state index contributed by atoms with van der Waals surface area (Å²) in [6, 6.07) is 12.2. The number of hydrogen-bond acceptors (Lipinski definition) is 4. The smallest absolute Gasteiger partial charge is 0.229 e. The van der Waals surface area contributed by atoms with E-state index in [0.29, 0.717) is 27.1 Å². The van der Waals surface area contributed by atoms with Gasteiger partial charge in [0, 0.05) is 18.0 Å². The number of nitrogens with one attached hydrogen (secondary N) is 1. The van der Waals surface area contributed by atoms with Gasteiger partial charge in [-0.2, -0.15) is 5.10 Å². The van der Waals surface area contributed by atoms with Crippen molar-refractivity contribution in [3.8, 4) is 5.69 Å². The molecule has 0 spiro atoms. The molecule has 9 heteroatoms. The van der Waals surface area contributed by atoms with Gasteiger partial charge in [0.05, 0.1) is 28.0 Å². The Bertz CT molecular complexity index is 1040. The van der Waals surface area contributed by atoms with Gasteiger partial charge >= 0.3 is 0 Å². The van der Waals surface area contributed by atoms with E-state index < -0.39 is 5.92 Å². The van der Waals surface area contributed by atoms with E-state index in [1.807, 2.05) is 0 Å². The molecule has 4 rings (SSSR count). The van der Waals surface area contributed by atoms with Gasteiger partial charge in [0.25, 0.3) is 0 Å². The van der Waals surface area contributed by atoms with Crippen molar-refractivity contribution in [1.29, 1.82) is 0 Å². The fraction of sp³-hybridized carbons (Fsp3) is 0.158. The highest BCUT2D eigenvalue weighted by Crippen LogP contribution is 2.32. The van der Waals surface area contributed by atoms with E-state index in [0.717, 1.165) is 0 Å². The van der Waals surface area contributed by atoms with Gasteiger partial charge in [0.1, 0.15) is 12.7 Å². The summed E-state index contributed by atoms with van der Waals surface area (Å²) in [5.41, 5.74) is 1.73. The summed E-state index contributed by atoms with van der Waals surface area (Å²) in [7, 11) is 0. The summed E-state index contributed by atoms with van der Waals surface area (Å²) < 4.78 is 1.53. The number of benzene rings is 2. The van der Waals surface area contributed by atoms with Gasteiger partial charge in [-0.1, -0.05) is 35.3 Å². The molecule has 2 aromatic carbocycles. The molecule has 3 aromatic rings. The van der Waals surface area contributed by atoms with Gasteiger partial charge in [-0.25, -0.2) is 9.67 Å². The maximum atomic E-state index is 12.8. The van der Waals surface area contributed by atoms with Crippen molar-refractivity contribution in [3.63, 3.8) is 0 Å². The Hall–Kier alpha value is -2.90. The van der Waals surface area contributed by atoms with Crippen molar-refractivity contribution in [1.82, 2.24) is 14.8 Å². The third-order valence-electron chi connectivity index (χ3n) is 4.52. The van der Waals surface area contributed by atoms with E-state index in [4.69, 9.17) is 23.2 Å². The number of rotatable bonds is 4. The van der Waals surface area contributed by atoms with E-state index >= 15 is 0 Å². The van der Waals surface area contributed by atoms with E-state index in [-0.39, 0.29) is 24.8 Å². The molecule has 1 N–H and O–H groups in total. The van der Waals surface area contributed by atoms with Crippen molar-refractivity contribution in [3.05, 3.63) is 65.2 Å². The number of nitrogens with zero attached hydrogens (tertiary/aromatic N) is 4. The third kappa shape index (κ3) is 3.58. The fourth-order valence-corrected chi connectivity index (χ4v) is 3.57. The molecule has 0 bridgehead atoms. The molecule has 1 atom stereocenters. The molecule has 0 radical (unpaired) electrons. The summed E-state index contributed by atoms with van der Waals surface area (Å²) >= 11 is 12.3. The molecule has 1 unspecified atom stereocenters. The number of halogens is 2. The number of hydrogen-bond donors (Lipinski definition) is 1. The second-order valence-electron chi connectivity index (χ2n) is 6.35.